The van der Waals surface area contributed by atoms with E-state index in [1.54, 1.807) is 18.2 Å². The Hall–Kier alpha value is -1.80. The first-order chi connectivity index (χ1) is 9.32. The summed E-state index contributed by atoms with van der Waals surface area (Å²) in [6, 6.07) is 7.11. The number of hydrogen-bond donors (Lipinski definition) is 1. The average Bonchev–Trinajstić information content (AvgIpc) is 2.36. The highest BCUT2D eigenvalue weighted by molar-refractivity contribution is 6.35. The van der Waals surface area contributed by atoms with Crippen LogP contribution in [0.15, 0.2) is 24.3 Å². The number of aryl methyl sites for hydroxylation is 2. The smallest absolute Gasteiger partial charge is 0.195 e. The lowest BCUT2D eigenvalue weighted by molar-refractivity contribution is 0.103. The predicted octanol–water partition coefficient (Wildman–Crippen LogP) is 4.39. The van der Waals surface area contributed by atoms with E-state index in [-0.39, 0.29) is 5.78 Å². The number of ketones is 1. The van der Waals surface area contributed by atoms with Gasteiger partial charge in [-0.05, 0) is 68.1 Å². The first-order valence-electron chi connectivity index (χ1n) is 6.50. The van der Waals surface area contributed by atoms with E-state index in [4.69, 9.17) is 17.3 Å². The maximum absolute atomic E-state index is 12.8. The number of halogens is 1. The van der Waals surface area contributed by atoms with E-state index in [9.17, 15) is 4.79 Å². The molecule has 2 aromatic rings. The van der Waals surface area contributed by atoms with Crippen molar-refractivity contribution in [3.8, 4) is 0 Å². The highest BCUT2D eigenvalue weighted by Crippen LogP contribution is 2.28. The number of nitrogens with two attached hydrogens (primary N) is 1. The minimum Gasteiger partial charge on any atom is -0.399 e. The topological polar surface area (TPSA) is 43.1 Å². The number of nitrogen functional groups attached to an aromatic ring is 1. The van der Waals surface area contributed by atoms with Crippen LogP contribution in [0.1, 0.15) is 38.2 Å². The Morgan fingerprint density at radius 2 is 1.55 bits per heavy atom. The summed E-state index contributed by atoms with van der Waals surface area (Å²) in [5.41, 5.74) is 11.7. The number of carbonyl (C=O) groups is 1. The zero-order chi connectivity index (χ0) is 15.0. The van der Waals surface area contributed by atoms with Gasteiger partial charge < -0.3 is 5.73 Å². The highest BCUT2D eigenvalue weighted by atomic mass is 35.5. The van der Waals surface area contributed by atoms with Crippen LogP contribution in [0.2, 0.25) is 5.02 Å². The molecule has 0 aliphatic heterocycles. The molecule has 0 aliphatic carbocycles. The Morgan fingerprint density at radius 3 is 2.05 bits per heavy atom. The van der Waals surface area contributed by atoms with E-state index in [0.717, 1.165) is 27.8 Å². The van der Waals surface area contributed by atoms with Crippen molar-refractivity contribution in [1.29, 1.82) is 0 Å². The van der Waals surface area contributed by atoms with Crippen molar-refractivity contribution < 1.29 is 4.79 Å². The van der Waals surface area contributed by atoms with Crippen molar-refractivity contribution in [2.45, 2.75) is 27.7 Å². The zero-order valence-electron chi connectivity index (χ0n) is 12.2. The Morgan fingerprint density at radius 1 is 1.00 bits per heavy atom. The lowest BCUT2D eigenvalue weighted by atomic mass is 9.89. The SMILES string of the molecule is Cc1cc(C)c(C)c(C(=O)c2ccc(N)cc2Cl)c1C. The first kappa shape index (κ1) is 14.6. The van der Waals surface area contributed by atoms with Crippen molar-refractivity contribution in [2.75, 3.05) is 5.73 Å². The Kier molecular flexibility index (Phi) is 3.87. The molecule has 0 aliphatic rings. The van der Waals surface area contributed by atoms with Crippen molar-refractivity contribution in [2.24, 2.45) is 0 Å². The molecule has 2 nitrogen and oxygen atoms in total. The molecule has 2 aromatic carbocycles. The predicted molar refractivity (Wildman–Crippen MR) is 84.7 cm³/mol. The van der Waals surface area contributed by atoms with Crippen LogP contribution in [0.3, 0.4) is 0 Å². The van der Waals surface area contributed by atoms with E-state index >= 15 is 0 Å². The van der Waals surface area contributed by atoms with E-state index < -0.39 is 0 Å². The third-order valence-electron chi connectivity index (χ3n) is 3.83. The monoisotopic (exact) mass is 287 g/mol. The summed E-state index contributed by atoms with van der Waals surface area (Å²) in [5, 5.41) is 0.396. The van der Waals surface area contributed by atoms with Gasteiger partial charge in [0.2, 0.25) is 0 Å². The standard InChI is InChI=1S/C17H18ClNO/c1-9-7-10(2)12(4)16(11(9)3)17(20)14-6-5-13(19)8-15(14)18/h5-8H,19H2,1-4H3. The van der Waals surface area contributed by atoms with Crippen LogP contribution in [0.25, 0.3) is 0 Å². The van der Waals surface area contributed by atoms with Crippen molar-refractivity contribution >= 4 is 23.1 Å². The summed E-state index contributed by atoms with van der Waals surface area (Å²) in [5.74, 6) is -0.0446. The normalized spacial score (nSPS) is 10.7. The zero-order valence-corrected chi connectivity index (χ0v) is 12.9. The molecule has 0 fully saturated rings. The van der Waals surface area contributed by atoms with Gasteiger partial charge in [0.1, 0.15) is 0 Å². The van der Waals surface area contributed by atoms with E-state index in [0.29, 0.717) is 16.3 Å². The molecule has 2 rings (SSSR count). The largest absolute Gasteiger partial charge is 0.399 e. The van der Waals surface area contributed by atoms with Crippen LogP contribution in [-0.4, -0.2) is 5.78 Å². The molecule has 0 unspecified atom stereocenters. The van der Waals surface area contributed by atoms with Crippen LogP contribution in [0.4, 0.5) is 5.69 Å². The summed E-state index contributed by atoms with van der Waals surface area (Å²) < 4.78 is 0. The molecule has 0 heterocycles. The fourth-order valence-electron chi connectivity index (χ4n) is 2.41. The summed E-state index contributed by atoms with van der Waals surface area (Å²) in [6.45, 7) is 7.98. The molecule has 0 bridgehead atoms. The maximum Gasteiger partial charge on any atom is 0.195 e. The highest BCUT2D eigenvalue weighted by Gasteiger charge is 2.19. The Balaban J connectivity index is 2.65. The van der Waals surface area contributed by atoms with Gasteiger partial charge in [-0.25, -0.2) is 0 Å². The van der Waals surface area contributed by atoms with Gasteiger partial charge in [0.05, 0.1) is 5.02 Å². The van der Waals surface area contributed by atoms with Gasteiger partial charge in [-0.3, -0.25) is 4.79 Å². The summed E-state index contributed by atoms with van der Waals surface area (Å²) in [7, 11) is 0. The van der Waals surface area contributed by atoms with Gasteiger partial charge in [-0.15, -0.1) is 0 Å². The molecule has 0 aromatic heterocycles. The van der Waals surface area contributed by atoms with Crippen LogP contribution in [0.5, 0.6) is 0 Å². The van der Waals surface area contributed by atoms with Crippen LogP contribution in [-0.2, 0) is 0 Å². The Labute approximate surface area is 124 Å². The molecule has 0 atom stereocenters. The third-order valence-corrected chi connectivity index (χ3v) is 4.14. The van der Waals surface area contributed by atoms with Crippen LogP contribution >= 0.6 is 11.6 Å². The van der Waals surface area contributed by atoms with Gasteiger partial charge in [-0.2, -0.15) is 0 Å². The molecule has 3 heteroatoms. The average molecular weight is 288 g/mol. The lowest BCUT2D eigenvalue weighted by Crippen LogP contribution is -2.09. The number of benzene rings is 2. The molecular formula is C17H18ClNO. The summed E-state index contributed by atoms with van der Waals surface area (Å²) >= 11 is 6.16. The fourth-order valence-corrected chi connectivity index (χ4v) is 2.68. The number of hydrogen-bond acceptors (Lipinski definition) is 2. The first-order valence-corrected chi connectivity index (χ1v) is 6.88. The van der Waals surface area contributed by atoms with E-state index in [2.05, 4.69) is 6.07 Å². The molecule has 0 saturated carbocycles. The second-order valence-electron chi connectivity index (χ2n) is 5.20. The van der Waals surface area contributed by atoms with Gasteiger partial charge >= 0.3 is 0 Å². The number of carbonyl (C=O) groups excluding carboxylic acids is 1. The van der Waals surface area contributed by atoms with Gasteiger partial charge in [0.25, 0.3) is 0 Å². The molecule has 0 saturated heterocycles. The summed E-state index contributed by atoms with van der Waals surface area (Å²) in [6.07, 6.45) is 0. The van der Waals surface area contributed by atoms with Gasteiger partial charge in [0, 0.05) is 16.8 Å². The summed E-state index contributed by atoms with van der Waals surface area (Å²) in [4.78, 5) is 12.8. The molecule has 0 radical (unpaired) electrons. The Bertz CT molecular complexity index is 678. The van der Waals surface area contributed by atoms with E-state index in [1.165, 1.54) is 0 Å². The minimum atomic E-state index is -0.0446. The van der Waals surface area contributed by atoms with Crippen molar-refractivity contribution in [3.63, 3.8) is 0 Å². The lowest BCUT2D eigenvalue weighted by Gasteiger charge is -2.15. The molecular weight excluding hydrogens is 270 g/mol. The van der Waals surface area contributed by atoms with Gasteiger partial charge in [-0.1, -0.05) is 17.7 Å². The minimum absolute atomic E-state index is 0.0446. The second kappa shape index (κ2) is 5.29. The van der Waals surface area contributed by atoms with Crippen LogP contribution < -0.4 is 5.73 Å². The fraction of sp³-hybridized carbons (Fsp3) is 0.235. The van der Waals surface area contributed by atoms with Crippen molar-refractivity contribution in [3.05, 3.63) is 62.7 Å². The third kappa shape index (κ3) is 2.44. The molecule has 0 amide bonds. The number of anilines is 1. The molecule has 104 valence electrons. The quantitative estimate of drug-likeness (QED) is 0.658. The van der Waals surface area contributed by atoms with E-state index in [1.807, 2.05) is 27.7 Å². The second-order valence-corrected chi connectivity index (χ2v) is 5.61. The molecule has 20 heavy (non-hydrogen) atoms. The number of rotatable bonds is 2. The molecule has 0 spiro atoms. The van der Waals surface area contributed by atoms with Crippen molar-refractivity contribution in [1.82, 2.24) is 0 Å². The van der Waals surface area contributed by atoms with Gasteiger partial charge in [0.15, 0.2) is 5.78 Å². The van der Waals surface area contributed by atoms with Crippen LogP contribution in [0, 0.1) is 27.7 Å². The maximum atomic E-state index is 12.8. The molecule has 2 N–H and O–H groups in total.